The number of para-hydroxylation sites is 1. The first-order valence-corrected chi connectivity index (χ1v) is 6.45. The van der Waals surface area contributed by atoms with Crippen LogP contribution in [0.3, 0.4) is 0 Å². The molecule has 0 aliphatic rings. The molecule has 1 rings (SSSR count). The van der Waals surface area contributed by atoms with Crippen molar-refractivity contribution in [1.82, 2.24) is 4.90 Å². The van der Waals surface area contributed by atoms with E-state index in [1.54, 1.807) is 7.11 Å². The Bertz CT molecular complexity index is 358. The number of ether oxygens (including phenoxy) is 1. The highest BCUT2D eigenvalue weighted by atomic mass is 16.5. The van der Waals surface area contributed by atoms with Crippen molar-refractivity contribution in [2.24, 2.45) is 0 Å². The molecular weight excluding hydrogens is 226 g/mol. The molecular formula is C15H25NO2. The molecule has 0 bridgehead atoms. The molecule has 0 heterocycles. The Morgan fingerprint density at radius 2 is 1.94 bits per heavy atom. The van der Waals surface area contributed by atoms with Crippen molar-refractivity contribution in [2.75, 3.05) is 27.2 Å². The normalized spacial score (nSPS) is 11.9. The summed E-state index contributed by atoms with van der Waals surface area (Å²) in [5.74, 6) is 0.961. The van der Waals surface area contributed by atoms with E-state index in [2.05, 4.69) is 11.0 Å². The van der Waals surface area contributed by atoms with E-state index in [1.807, 2.05) is 39.1 Å². The average molecular weight is 251 g/mol. The Balaban J connectivity index is 2.37. The monoisotopic (exact) mass is 251 g/mol. The number of hydrogen-bond acceptors (Lipinski definition) is 3. The minimum Gasteiger partial charge on any atom is -0.496 e. The van der Waals surface area contributed by atoms with Crippen LogP contribution in [0.5, 0.6) is 5.75 Å². The van der Waals surface area contributed by atoms with Crippen molar-refractivity contribution in [1.29, 1.82) is 0 Å². The standard InChI is InChI=1S/C15H25NO2/c1-15(2,17)12-16(3)11-7-9-13-8-5-6-10-14(13)18-4/h5-6,8,10,17H,7,9,11-12H2,1-4H3. The summed E-state index contributed by atoms with van der Waals surface area (Å²) in [5.41, 5.74) is 0.621. The van der Waals surface area contributed by atoms with E-state index in [0.717, 1.165) is 25.1 Å². The molecule has 0 atom stereocenters. The highest BCUT2D eigenvalue weighted by molar-refractivity contribution is 5.33. The molecule has 0 aromatic heterocycles. The van der Waals surface area contributed by atoms with Gasteiger partial charge in [-0.2, -0.15) is 0 Å². The van der Waals surface area contributed by atoms with Crippen LogP contribution in [0.1, 0.15) is 25.8 Å². The lowest BCUT2D eigenvalue weighted by molar-refractivity contribution is 0.0444. The molecule has 1 aromatic rings. The third-order valence-electron chi connectivity index (χ3n) is 2.84. The van der Waals surface area contributed by atoms with Crippen molar-refractivity contribution in [3.8, 4) is 5.75 Å². The Morgan fingerprint density at radius 1 is 1.28 bits per heavy atom. The van der Waals surface area contributed by atoms with Crippen LogP contribution in [-0.4, -0.2) is 42.9 Å². The summed E-state index contributed by atoms with van der Waals surface area (Å²) in [7, 11) is 3.75. The summed E-state index contributed by atoms with van der Waals surface area (Å²) in [6, 6.07) is 8.13. The van der Waals surface area contributed by atoms with Crippen molar-refractivity contribution >= 4 is 0 Å². The maximum atomic E-state index is 9.72. The van der Waals surface area contributed by atoms with E-state index >= 15 is 0 Å². The predicted octanol–water partition coefficient (Wildman–Crippen LogP) is 2.33. The Hall–Kier alpha value is -1.06. The van der Waals surface area contributed by atoms with E-state index in [1.165, 1.54) is 5.56 Å². The third-order valence-corrected chi connectivity index (χ3v) is 2.84. The zero-order valence-electron chi connectivity index (χ0n) is 11.9. The maximum Gasteiger partial charge on any atom is 0.122 e. The van der Waals surface area contributed by atoms with Gasteiger partial charge in [0.2, 0.25) is 0 Å². The number of hydrogen-bond donors (Lipinski definition) is 1. The largest absolute Gasteiger partial charge is 0.496 e. The molecule has 0 saturated heterocycles. The molecule has 0 saturated carbocycles. The van der Waals surface area contributed by atoms with Crippen LogP contribution in [0.4, 0.5) is 0 Å². The summed E-state index contributed by atoms with van der Waals surface area (Å²) < 4.78 is 5.33. The van der Waals surface area contributed by atoms with Crippen molar-refractivity contribution < 1.29 is 9.84 Å². The number of methoxy groups -OCH3 is 1. The van der Waals surface area contributed by atoms with E-state index in [0.29, 0.717) is 6.54 Å². The summed E-state index contributed by atoms with van der Waals surface area (Å²) in [6.45, 7) is 5.34. The van der Waals surface area contributed by atoms with Gasteiger partial charge in [0.05, 0.1) is 12.7 Å². The van der Waals surface area contributed by atoms with Gasteiger partial charge < -0.3 is 14.7 Å². The van der Waals surface area contributed by atoms with E-state index in [4.69, 9.17) is 4.74 Å². The second-order valence-electron chi connectivity index (χ2n) is 5.47. The molecule has 0 fully saturated rings. The molecule has 0 amide bonds. The number of likely N-dealkylation sites (N-methyl/N-ethyl adjacent to an activating group) is 1. The average Bonchev–Trinajstić information content (AvgIpc) is 2.27. The first-order valence-electron chi connectivity index (χ1n) is 6.45. The Kier molecular flexibility index (Phi) is 5.63. The number of aliphatic hydroxyl groups is 1. The first kappa shape index (κ1) is 15.0. The molecule has 3 nitrogen and oxygen atoms in total. The molecule has 0 spiro atoms. The number of benzene rings is 1. The maximum absolute atomic E-state index is 9.72. The fourth-order valence-corrected chi connectivity index (χ4v) is 2.19. The molecule has 0 unspecified atom stereocenters. The van der Waals surface area contributed by atoms with E-state index in [9.17, 15) is 5.11 Å². The zero-order valence-corrected chi connectivity index (χ0v) is 11.9. The van der Waals surface area contributed by atoms with E-state index in [-0.39, 0.29) is 0 Å². The van der Waals surface area contributed by atoms with Crippen LogP contribution in [0.2, 0.25) is 0 Å². The molecule has 0 aliphatic heterocycles. The quantitative estimate of drug-likeness (QED) is 0.807. The summed E-state index contributed by atoms with van der Waals surface area (Å²) in [6.07, 6.45) is 2.06. The topological polar surface area (TPSA) is 32.7 Å². The smallest absolute Gasteiger partial charge is 0.122 e. The van der Waals surface area contributed by atoms with Gasteiger partial charge in [0.25, 0.3) is 0 Å². The van der Waals surface area contributed by atoms with Gasteiger partial charge in [-0.05, 0) is 51.9 Å². The van der Waals surface area contributed by atoms with Gasteiger partial charge in [0, 0.05) is 6.54 Å². The van der Waals surface area contributed by atoms with Gasteiger partial charge in [-0.1, -0.05) is 18.2 Å². The zero-order chi connectivity index (χ0) is 13.6. The fourth-order valence-electron chi connectivity index (χ4n) is 2.19. The van der Waals surface area contributed by atoms with Crippen molar-refractivity contribution in [2.45, 2.75) is 32.3 Å². The van der Waals surface area contributed by atoms with Crippen LogP contribution in [0.15, 0.2) is 24.3 Å². The second-order valence-corrected chi connectivity index (χ2v) is 5.47. The highest BCUT2D eigenvalue weighted by Crippen LogP contribution is 2.18. The molecule has 3 heteroatoms. The minimum atomic E-state index is -0.626. The number of rotatable bonds is 7. The van der Waals surface area contributed by atoms with Crippen LogP contribution in [0.25, 0.3) is 0 Å². The molecule has 1 aromatic carbocycles. The SMILES string of the molecule is COc1ccccc1CCCN(C)CC(C)(C)O. The van der Waals surface area contributed by atoms with Crippen LogP contribution >= 0.6 is 0 Å². The Morgan fingerprint density at radius 3 is 2.56 bits per heavy atom. The summed E-state index contributed by atoms with van der Waals surface area (Å²) in [4.78, 5) is 2.16. The highest BCUT2D eigenvalue weighted by Gasteiger charge is 2.15. The molecule has 0 radical (unpaired) electrons. The fraction of sp³-hybridized carbons (Fsp3) is 0.600. The minimum absolute atomic E-state index is 0.626. The van der Waals surface area contributed by atoms with Gasteiger partial charge >= 0.3 is 0 Å². The van der Waals surface area contributed by atoms with Crippen LogP contribution < -0.4 is 4.74 Å². The first-order chi connectivity index (χ1) is 8.42. The van der Waals surface area contributed by atoms with Gasteiger partial charge in [-0.25, -0.2) is 0 Å². The molecule has 1 N–H and O–H groups in total. The molecule has 0 aliphatic carbocycles. The summed E-state index contributed by atoms with van der Waals surface area (Å²) in [5, 5.41) is 9.72. The lowest BCUT2D eigenvalue weighted by Crippen LogP contribution is -2.36. The van der Waals surface area contributed by atoms with Crippen molar-refractivity contribution in [3.63, 3.8) is 0 Å². The second kappa shape index (κ2) is 6.76. The van der Waals surface area contributed by atoms with Gasteiger partial charge in [-0.3, -0.25) is 0 Å². The van der Waals surface area contributed by atoms with Crippen LogP contribution in [0, 0.1) is 0 Å². The predicted molar refractivity (Wildman–Crippen MR) is 75.1 cm³/mol. The number of aryl methyl sites for hydroxylation is 1. The molecule has 102 valence electrons. The molecule has 18 heavy (non-hydrogen) atoms. The van der Waals surface area contributed by atoms with E-state index < -0.39 is 5.60 Å². The van der Waals surface area contributed by atoms with Gasteiger partial charge in [0.1, 0.15) is 5.75 Å². The third kappa shape index (κ3) is 5.52. The lowest BCUT2D eigenvalue weighted by atomic mass is 10.1. The van der Waals surface area contributed by atoms with Gasteiger partial charge in [-0.15, -0.1) is 0 Å². The van der Waals surface area contributed by atoms with Crippen molar-refractivity contribution in [3.05, 3.63) is 29.8 Å². The Labute approximate surface area is 110 Å². The lowest BCUT2D eigenvalue weighted by Gasteiger charge is -2.25. The number of nitrogens with zero attached hydrogens (tertiary/aromatic N) is 1. The summed E-state index contributed by atoms with van der Waals surface area (Å²) >= 11 is 0. The van der Waals surface area contributed by atoms with Gasteiger partial charge in [0.15, 0.2) is 0 Å². The van der Waals surface area contributed by atoms with Crippen LogP contribution in [-0.2, 0) is 6.42 Å².